The fourth-order valence-electron chi connectivity index (χ4n) is 2.80. The van der Waals surface area contributed by atoms with Gasteiger partial charge in [0.1, 0.15) is 0 Å². The molecule has 1 aliphatic carbocycles. The molecule has 6 heteroatoms. The van der Waals surface area contributed by atoms with E-state index in [4.69, 9.17) is 5.11 Å². The van der Waals surface area contributed by atoms with Crippen LogP contribution < -0.4 is 0 Å². The maximum absolute atomic E-state index is 12.8. The number of halogens is 3. The van der Waals surface area contributed by atoms with Gasteiger partial charge in [-0.2, -0.15) is 13.2 Å². The van der Waals surface area contributed by atoms with Crippen molar-refractivity contribution < 1.29 is 23.1 Å². The molecule has 1 aromatic carbocycles. The Balaban J connectivity index is 2.11. The number of rotatable bonds is 1. The lowest BCUT2D eigenvalue weighted by Crippen LogP contribution is -2.21. The molecule has 2 N–H and O–H groups in total. The van der Waals surface area contributed by atoms with E-state index in [0.717, 1.165) is 17.8 Å². The highest BCUT2D eigenvalue weighted by atomic mass is 19.4. The van der Waals surface area contributed by atoms with Crippen LogP contribution in [0.3, 0.4) is 0 Å². The minimum atomic E-state index is -4.39. The van der Waals surface area contributed by atoms with Crippen molar-refractivity contribution in [3.05, 3.63) is 35.0 Å². The molecule has 1 heterocycles. The average molecular weight is 283 g/mol. The lowest BCUT2D eigenvalue weighted by atomic mass is 9.86. The Morgan fingerprint density at radius 2 is 2.10 bits per heavy atom. The summed E-state index contributed by atoms with van der Waals surface area (Å²) in [6, 6.07) is 3.56. The van der Waals surface area contributed by atoms with Gasteiger partial charge < -0.3 is 10.1 Å². The predicted octanol–water partition coefficient (Wildman–Crippen LogP) is 3.38. The summed E-state index contributed by atoms with van der Waals surface area (Å²) in [6.07, 6.45) is -3.03. The normalized spacial score (nSPS) is 19.1. The van der Waals surface area contributed by atoms with E-state index in [-0.39, 0.29) is 6.42 Å². The van der Waals surface area contributed by atoms with Crippen LogP contribution in [0, 0.1) is 5.92 Å². The zero-order valence-electron chi connectivity index (χ0n) is 10.4. The standard InChI is InChI=1S/C14H12F3NO2/c15-14(16,17)8-2-4-12-10(6-8)9-5-7(13(19)20)1-3-11(9)18-12/h2,4,6-7,18H,1,3,5H2,(H,19,20). The zero-order valence-corrected chi connectivity index (χ0v) is 10.4. The van der Waals surface area contributed by atoms with Gasteiger partial charge in [0, 0.05) is 16.6 Å². The molecular weight excluding hydrogens is 271 g/mol. The van der Waals surface area contributed by atoms with Crippen LogP contribution >= 0.6 is 0 Å². The van der Waals surface area contributed by atoms with Gasteiger partial charge in [-0.1, -0.05) is 0 Å². The number of hydrogen-bond acceptors (Lipinski definition) is 1. The molecule has 1 unspecified atom stereocenters. The minimum Gasteiger partial charge on any atom is -0.481 e. The molecule has 0 fully saturated rings. The van der Waals surface area contributed by atoms with E-state index in [2.05, 4.69) is 4.98 Å². The maximum Gasteiger partial charge on any atom is 0.416 e. The summed E-state index contributed by atoms with van der Waals surface area (Å²) in [5.41, 5.74) is 1.50. The Labute approximate surface area is 112 Å². The molecule has 2 aromatic rings. The monoisotopic (exact) mass is 283 g/mol. The van der Waals surface area contributed by atoms with Crippen molar-refractivity contribution in [3.8, 4) is 0 Å². The summed E-state index contributed by atoms with van der Waals surface area (Å²) in [5.74, 6) is -1.41. The van der Waals surface area contributed by atoms with Crippen molar-refractivity contribution in [2.45, 2.75) is 25.4 Å². The van der Waals surface area contributed by atoms with Crippen LogP contribution in [0.15, 0.2) is 18.2 Å². The fraction of sp³-hybridized carbons (Fsp3) is 0.357. The molecule has 0 saturated heterocycles. The number of aliphatic carboxylic acids is 1. The summed E-state index contributed by atoms with van der Waals surface area (Å²) in [6.45, 7) is 0. The van der Waals surface area contributed by atoms with Gasteiger partial charge in [0.05, 0.1) is 11.5 Å². The SMILES string of the molecule is O=C(O)C1CCc2[nH]c3ccc(C(F)(F)F)cc3c2C1. The second kappa shape index (κ2) is 4.26. The molecule has 0 radical (unpaired) electrons. The molecule has 1 atom stereocenters. The van der Waals surface area contributed by atoms with Crippen LogP contribution in [0.2, 0.25) is 0 Å². The molecular formula is C14H12F3NO2. The molecule has 0 saturated carbocycles. The summed E-state index contributed by atoms with van der Waals surface area (Å²) in [7, 11) is 0. The number of alkyl halides is 3. The number of aromatic nitrogens is 1. The number of nitrogens with one attached hydrogen (secondary N) is 1. The van der Waals surface area contributed by atoms with Crippen LogP contribution in [0.25, 0.3) is 10.9 Å². The summed E-state index contributed by atoms with van der Waals surface area (Å²) in [4.78, 5) is 14.2. The van der Waals surface area contributed by atoms with Crippen LogP contribution in [0.5, 0.6) is 0 Å². The Morgan fingerprint density at radius 3 is 2.75 bits per heavy atom. The number of aromatic amines is 1. The lowest BCUT2D eigenvalue weighted by Gasteiger charge is -2.18. The molecule has 3 rings (SSSR count). The quantitative estimate of drug-likeness (QED) is 0.843. The molecule has 0 amide bonds. The molecule has 0 spiro atoms. The van der Waals surface area contributed by atoms with E-state index in [9.17, 15) is 18.0 Å². The zero-order chi connectivity index (χ0) is 14.5. The van der Waals surface area contributed by atoms with Crippen LogP contribution in [0.1, 0.15) is 23.2 Å². The summed E-state index contributed by atoms with van der Waals surface area (Å²) in [5, 5.41) is 9.55. The first-order valence-corrected chi connectivity index (χ1v) is 6.29. The van der Waals surface area contributed by atoms with Crippen molar-refractivity contribution in [1.29, 1.82) is 0 Å². The van der Waals surface area contributed by atoms with Crippen LogP contribution in [-0.4, -0.2) is 16.1 Å². The van der Waals surface area contributed by atoms with Gasteiger partial charge in [-0.3, -0.25) is 4.79 Å². The summed E-state index contributed by atoms with van der Waals surface area (Å²) >= 11 is 0. The number of H-pyrrole nitrogens is 1. The van der Waals surface area contributed by atoms with E-state index in [1.54, 1.807) is 0 Å². The third kappa shape index (κ3) is 2.05. The van der Waals surface area contributed by atoms with E-state index in [1.165, 1.54) is 6.07 Å². The lowest BCUT2D eigenvalue weighted by molar-refractivity contribution is -0.142. The van der Waals surface area contributed by atoms with Crippen molar-refractivity contribution in [2.24, 2.45) is 5.92 Å². The van der Waals surface area contributed by atoms with E-state index >= 15 is 0 Å². The Morgan fingerprint density at radius 1 is 1.35 bits per heavy atom. The van der Waals surface area contributed by atoms with Gasteiger partial charge in [0.25, 0.3) is 0 Å². The first kappa shape index (κ1) is 13.0. The molecule has 0 bridgehead atoms. The van der Waals surface area contributed by atoms with Crippen LogP contribution in [-0.2, 0) is 23.8 Å². The Kier molecular flexibility index (Phi) is 2.77. The second-order valence-corrected chi connectivity index (χ2v) is 5.12. The second-order valence-electron chi connectivity index (χ2n) is 5.12. The van der Waals surface area contributed by atoms with E-state index in [0.29, 0.717) is 29.3 Å². The molecule has 1 aromatic heterocycles. The van der Waals surface area contributed by atoms with E-state index < -0.39 is 23.6 Å². The topological polar surface area (TPSA) is 53.1 Å². The van der Waals surface area contributed by atoms with Crippen molar-refractivity contribution >= 4 is 16.9 Å². The number of hydrogen-bond donors (Lipinski definition) is 2. The number of carboxylic acid groups (broad SMARTS) is 1. The third-order valence-corrected chi connectivity index (χ3v) is 3.86. The molecule has 1 aliphatic rings. The van der Waals surface area contributed by atoms with Crippen molar-refractivity contribution in [2.75, 3.05) is 0 Å². The molecule has 3 nitrogen and oxygen atoms in total. The van der Waals surface area contributed by atoms with Gasteiger partial charge in [-0.25, -0.2) is 0 Å². The highest BCUT2D eigenvalue weighted by Gasteiger charge is 2.32. The number of benzene rings is 1. The van der Waals surface area contributed by atoms with Gasteiger partial charge in [0.15, 0.2) is 0 Å². The minimum absolute atomic E-state index is 0.284. The molecule has 106 valence electrons. The van der Waals surface area contributed by atoms with Crippen LogP contribution in [0.4, 0.5) is 13.2 Å². The fourth-order valence-corrected chi connectivity index (χ4v) is 2.80. The molecule has 0 aliphatic heterocycles. The van der Waals surface area contributed by atoms with Crippen molar-refractivity contribution in [3.63, 3.8) is 0 Å². The first-order valence-electron chi connectivity index (χ1n) is 6.29. The molecule has 20 heavy (non-hydrogen) atoms. The van der Waals surface area contributed by atoms with Gasteiger partial charge >= 0.3 is 12.1 Å². The first-order chi connectivity index (χ1) is 9.36. The van der Waals surface area contributed by atoms with E-state index in [1.807, 2.05) is 0 Å². The smallest absolute Gasteiger partial charge is 0.416 e. The Bertz CT molecular complexity index is 688. The number of carbonyl (C=O) groups is 1. The maximum atomic E-state index is 12.8. The van der Waals surface area contributed by atoms with Crippen molar-refractivity contribution in [1.82, 2.24) is 4.98 Å². The Hall–Kier alpha value is -1.98. The number of fused-ring (bicyclic) bond motifs is 3. The number of aryl methyl sites for hydroxylation is 1. The largest absolute Gasteiger partial charge is 0.481 e. The average Bonchev–Trinajstić information content (AvgIpc) is 2.74. The summed E-state index contributed by atoms with van der Waals surface area (Å²) < 4.78 is 38.3. The highest BCUT2D eigenvalue weighted by molar-refractivity contribution is 5.86. The van der Waals surface area contributed by atoms with Gasteiger partial charge in [-0.05, 0) is 43.0 Å². The highest BCUT2D eigenvalue weighted by Crippen LogP contribution is 2.36. The number of carboxylic acids is 1. The van der Waals surface area contributed by atoms with Gasteiger partial charge in [0.2, 0.25) is 0 Å². The van der Waals surface area contributed by atoms with Gasteiger partial charge in [-0.15, -0.1) is 0 Å². The predicted molar refractivity (Wildman–Crippen MR) is 66.5 cm³/mol. The third-order valence-electron chi connectivity index (χ3n) is 3.86.